The number of benzene rings is 2. The van der Waals surface area contributed by atoms with Crippen molar-refractivity contribution in [2.45, 2.75) is 50.2 Å². The first-order valence-corrected chi connectivity index (χ1v) is 23.8. The van der Waals surface area contributed by atoms with E-state index in [1.165, 1.54) is 24.3 Å². The first-order valence-electron chi connectivity index (χ1n) is 23.8. The summed E-state index contributed by atoms with van der Waals surface area (Å²) in [6.45, 7) is -3.52. The molecule has 1 aliphatic heterocycles. The van der Waals surface area contributed by atoms with Crippen LogP contribution in [0.2, 0.25) is 0 Å². The number of nitrogens with two attached hydrogens (primary N) is 2. The van der Waals surface area contributed by atoms with Gasteiger partial charge >= 0.3 is 47.8 Å². The van der Waals surface area contributed by atoms with E-state index in [1.807, 2.05) is 30.3 Å². The number of aliphatic imine (C=N–C) groups is 1. The Kier molecular flexibility index (Phi) is 31.9. The van der Waals surface area contributed by atoms with Gasteiger partial charge in [-0.3, -0.25) is 87.4 Å². The summed E-state index contributed by atoms with van der Waals surface area (Å²) in [4.78, 5) is 142. The zero-order valence-corrected chi connectivity index (χ0v) is 42.6. The van der Waals surface area contributed by atoms with Crippen LogP contribution in [0.25, 0.3) is 0 Å². The number of nitrogens with one attached hydrogen (secondary N) is 4. The number of anilines is 1. The number of nitro benzene ring substituents is 1. The molecule has 2 aromatic rings. The molecule has 0 aromatic heterocycles. The summed E-state index contributed by atoms with van der Waals surface area (Å²) in [5, 5.41) is 91.3. The van der Waals surface area contributed by atoms with Crippen molar-refractivity contribution in [2.75, 3.05) is 96.9 Å². The van der Waals surface area contributed by atoms with E-state index in [0.717, 1.165) is 38.1 Å². The molecule has 1 fully saturated rings. The van der Waals surface area contributed by atoms with Gasteiger partial charge < -0.3 is 73.6 Å². The van der Waals surface area contributed by atoms with E-state index in [4.69, 9.17) is 52.3 Å². The quantitative estimate of drug-likeness (QED) is 0.0104. The Morgan fingerprint density at radius 1 is 0.595 bits per heavy atom. The summed E-state index contributed by atoms with van der Waals surface area (Å²) < 4.78 is 0. The Balaban J connectivity index is 0.000000659. The van der Waals surface area contributed by atoms with E-state index in [1.54, 1.807) is 0 Å². The molecule has 3 amide bonds. The minimum atomic E-state index is -1.23. The molecule has 0 radical (unpaired) electrons. The number of hydrogen-bond donors (Lipinski definition) is 14. The summed E-state index contributed by atoms with van der Waals surface area (Å²) in [6, 6.07) is 12.3. The van der Waals surface area contributed by atoms with E-state index in [-0.39, 0.29) is 69.2 Å². The molecule has 2 aromatic carbocycles. The molecule has 0 bridgehead atoms. The van der Waals surface area contributed by atoms with Crippen LogP contribution in [-0.2, 0) is 59.2 Å². The lowest BCUT2D eigenvalue weighted by molar-refractivity contribution is -0.384. The third kappa shape index (κ3) is 33.0. The van der Waals surface area contributed by atoms with Crippen LogP contribution in [-0.4, -0.2) is 247 Å². The van der Waals surface area contributed by atoms with E-state index in [0.29, 0.717) is 18.5 Å². The molecular weight excluding hydrogens is 1060 g/mol. The van der Waals surface area contributed by atoms with Crippen molar-refractivity contribution in [2.24, 2.45) is 16.5 Å². The highest BCUT2D eigenvalue weighted by Gasteiger charge is 2.30. The fourth-order valence-corrected chi connectivity index (χ4v) is 7.13. The van der Waals surface area contributed by atoms with Gasteiger partial charge in [-0.2, -0.15) is 0 Å². The second kappa shape index (κ2) is 37.0. The number of rotatable bonds is 35. The van der Waals surface area contributed by atoms with Crippen LogP contribution >= 0.6 is 0 Å². The van der Waals surface area contributed by atoms with Crippen LogP contribution in [0.1, 0.15) is 31.2 Å². The van der Waals surface area contributed by atoms with Crippen molar-refractivity contribution >= 4 is 82.8 Å². The molecule has 0 unspecified atom stereocenters. The van der Waals surface area contributed by atoms with E-state index in [9.17, 15) is 62.9 Å². The van der Waals surface area contributed by atoms with Gasteiger partial charge in [0.1, 0.15) is 12.1 Å². The minimum absolute atomic E-state index is 0.0703. The fraction of sp³-hybridized carbons (Fsp3) is 0.478. The molecular formula is C46H66N12O21. The zero-order valence-electron chi connectivity index (χ0n) is 42.6. The second-order valence-corrected chi connectivity index (χ2v) is 17.2. The Bertz CT molecular complexity index is 2200. The third-order valence-corrected chi connectivity index (χ3v) is 10.6. The topological polar surface area (TPSA) is 518 Å². The Morgan fingerprint density at radius 2 is 1.00 bits per heavy atom. The highest BCUT2D eigenvalue weighted by molar-refractivity contribution is 5.99. The summed E-state index contributed by atoms with van der Waals surface area (Å²) in [6.07, 6.45) is 2.37. The number of guanidine groups is 1. The Labute approximate surface area is 449 Å². The van der Waals surface area contributed by atoms with E-state index in [2.05, 4.69) is 26.3 Å². The number of aliphatic carboxylic acids is 8. The molecule has 3 atom stereocenters. The Hall–Kier alpha value is -8.92. The number of non-ortho nitro benzene ring substituents is 1. The van der Waals surface area contributed by atoms with Gasteiger partial charge in [0, 0.05) is 57.0 Å². The van der Waals surface area contributed by atoms with E-state index >= 15 is 0 Å². The van der Waals surface area contributed by atoms with Crippen LogP contribution in [0, 0.1) is 10.1 Å². The van der Waals surface area contributed by atoms with Gasteiger partial charge in [-0.15, -0.1) is 0 Å². The molecule has 79 heavy (non-hydrogen) atoms. The van der Waals surface area contributed by atoms with Gasteiger partial charge in [-0.1, -0.05) is 30.3 Å². The molecule has 33 heteroatoms. The molecule has 0 spiro atoms. The number of carbonyl (C=O) groups is 11. The highest BCUT2D eigenvalue weighted by Crippen LogP contribution is 2.16. The standard InChI is InChI=1S/C26H34N8O5.2C10H16N2O8/c27-26(28)30-15-5-9-21(24(36)31-18-10-12-19(13-11-18)34(38)39)32-25(37)22(16-17-6-2-1-3-7-17)33-23(35)20-8-4-14-29-20;2*13-7(14)3-11(4-8(15)16)1-2-12(5-9(17)18)6-10(19)20/h1-3,6-7,10-13,20-22,29H,4-5,8-9,14-16H2,(H,31,36)(H,32,37)(H,33,35)(H4,27,28,30);2*1-6H2,(H,13,14)(H,15,16)(H,17,18)(H,19,20)/t20-,21+,22+;;/m1../s1. The lowest BCUT2D eigenvalue weighted by Gasteiger charge is -2.24. The van der Waals surface area contributed by atoms with Crippen molar-refractivity contribution in [3.8, 4) is 0 Å². The van der Waals surface area contributed by atoms with Crippen molar-refractivity contribution in [1.82, 2.24) is 35.6 Å². The first kappa shape index (κ1) is 68.1. The largest absolute Gasteiger partial charge is 0.480 e. The number of carboxylic acids is 8. The molecule has 0 saturated carbocycles. The lowest BCUT2D eigenvalue weighted by atomic mass is 10.0. The highest BCUT2D eigenvalue weighted by atomic mass is 16.6. The van der Waals surface area contributed by atoms with Crippen LogP contribution in [0.3, 0.4) is 0 Å². The first-order chi connectivity index (χ1) is 37.1. The third-order valence-electron chi connectivity index (χ3n) is 10.6. The summed E-state index contributed by atoms with van der Waals surface area (Å²) in [5.74, 6) is -11.2. The van der Waals surface area contributed by atoms with Crippen LogP contribution in [0.5, 0.6) is 0 Å². The number of nitrogens with zero attached hydrogens (tertiary/aromatic N) is 6. The zero-order chi connectivity index (χ0) is 59.6. The number of amides is 3. The van der Waals surface area contributed by atoms with Crippen LogP contribution < -0.4 is 32.7 Å². The summed E-state index contributed by atoms with van der Waals surface area (Å²) in [7, 11) is 0. The summed E-state index contributed by atoms with van der Waals surface area (Å²) >= 11 is 0. The molecule has 16 N–H and O–H groups in total. The monoisotopic (exact) mass is 1120 g/mol. The minimum Gasteiger partial charge on any atom is -0.480 e. The molecule has 1 saturated heterocycles. The smallest absolute Gasteiger partial charge is 0.317 e. The average molecular weight is 1120 g/mol. The molecule has 33 nitrogen and oxygen atoms in total. The van der Waals surface area contributed by atoms with E-state index < -0.39 is 129 Å². The maximum absolute atomic E-state index is 13.5. The fourth-order valence-electron chi connectivity index (χ4n) is 7.13. The Morgan fingerprint density at radius 3 is 1.34 bits per heavy atom. The maximum atomic E-state index is 13.5. The van der Waals surface area contributed by atoms with Gasteiger partial charge in [0.15, 0.2) is 5.96 Å². The predicted molar refractivity (Wildman–Crippen MR) is 274 cm³/mol. The van der Waals surface area contributed by atoms with Crippen LogP contribution in [0.15, 0.2) is 59.6 Å². The molecule has 1 aliphatic rings. The lowest BCUT2D eigenvalue weighted by Crippen LogP contribution is -2.55. The average Bonchev–Trinajstić information content (AvgIpc) is 3.89. The van der Waals surface area contributed by atoms with Crippen LogP contribution in [0.4, 0.5) is 11.4 Å². The van der Waals surface area contributed by atoms with Gasteiger partial charge in [0.2, 0.25) is 17.7 Å². The second-order valence-electron chi connectivity index (χ2n) is 17.2. The van der Waals surface area contributed by atoms with Gasteiger partial charge in [0.05, 0.1) is 63.3 Å². The predicted octanol–water partition coefficient (Wildman–Crippen LogP) is -3.59. The number of nitro groups is 1. The van der Waals surface area contributed by atoms with Gasteiger partial charge in [-0.05, 0) is 49.9 Å². The van der Waals surface area contributed by atoms with Crippen molar-refractivity contribution < 1.29 is 98.5 Å². The number of carboxylic acid groups (broad SMARTS) is 8. The van der Waals surface area contributed by atoms with Crippen molar-refractivity contribution in [3.63, 3.8) is 0 Å². The molecule has 3 rings (SSSR count). The molecule has 436 valence electrons. The maximum Gasteiger partial charge on any atom is 0.317 e. The van der Waals surface area contributed by atoms with Crippen molar-refractivity contribution in [3.05, 3.63) is 70.3 Å². The van der Waals surface area contributed by atoms with Crippen molar-refractivity contribution in [1.29, 1.82) is 0 Å². The number of carbonyl (C=O) groups excluding carboxylic acids is 3. The normalized spacial score (nSPS) is 13.3. The number of hydrogen-bond acceptors (Lipinski definition) is 19. The summed E-state index contributed by atoms with van der Waals surface area (Å²) in [5.41, 5.74) is 11.8. The van der Waals surface area contributed by atoms with Gasteiger partial charge in [0.25, 0.3) is 5.69 Å². The SMILES string of the molecule is NC(N)=NCCC[C@H](NC(=O)[C@H](Cc1ccccc1)NC(=O)[C@H]1CCCN1)C(=O)Nc1ccc([N+](=O)[O-])cc1.O=C(O)CN(CCN(CC(=O)O)CC(=O)O)CC(=O)O.O=C(O)CN(CCN(CC(=O)O)CC(=O)O)CC(=O)O. The van der Waals surface area contributed by atoms with Gasteiger partial charge in [-0.25, -0.2) is 0 Å². The molecule has 1 heterocycles. The molecule has 0 aliphatic carbocycles.